The van der Waals surface area contributed by atoms with Gasteiger partial charge in [-0.1, -0.05) is 62.7 Å². The quantitative estimate of drug-likeness (QED) is 0.168. The van der Waals surface area contributed by atoms with Crippen LogP contribution in [0.15, 0.2) is 54.6 Å². The zero-order valence-corrected chi connectivity index (χ0v) is 22.7. The lowest BCUT2D eigenvalue weighted by molar-refractivity contribution is 0.0488. The molecule has 0 amide bonds. The van der Waals surface area contributed by atoms with Crippen LogP contribution in [0.3, 0.4) is 0 Å². The molecule has 0 bridgehead atoms. The molecule has 1 unspecified atom stereocenters. The third kappa shape index (κ3) is 7.10. The van der Waals surface area contributed by atoms with Gasteiger partial charge in [0, 0.05) is 17.7 Å². The summed E-state index contributed by atoms with van der Waals surface area (Å²) in [5.41, 5.74) is 3.02. The summed E-state index contributed by atoms with van der Waals surface area (Å²) in [6, 6.07) is 13.3. The van der Waals surface area contributed by atoms with Crippen molar-refractivity contribution in [3.63, 3.8) is 0 Å². The minimum atomic E-state index is -0.998. The lowest BCUT2D eigenvalue weighted by atomic mass is 9.90. The van der Waals surface area contributed by atoms with Crippen molar-refractivity contribution < 1.29 is 27.0 Å². The molecule has 0 fully saturated rings. The lowest BCUT2D eigenvalue weighted by Gasteiger charge is -2.23. The zero-order valence-electron chi connectivity index (χ0n) is 22.7. The van der Waals surface area contributed by atoms with E-state index in [0.29, 0.717) is 55.6 Å². The Kier molecular flexibility index (Phi) is 10.2. The molecule has 0 aliphatic heterocycles. The van der Waals surface area contributed by atoms with Crippen molar-refractivity contribution in [2.75, 3.05) is 13.2 Å². The Morgan fingerprint density at radius 2 is 1.49 bits per heavy atom. The first-order valence-corrected chi connectivity index (χ1v) is 13.9. The predicted octanol–water partition coefficient (Wildman–Crippen LogP) is 9.24. The molecule has 208 valence electrons. The molecule has 0 saturated heterocycles. The van der Waals surface area contributed by atoms with Crippen molar-refractivity contribution in [2.45, 2.75) is 71.3 Å². The molecule has 1 aliphatic carbocycles. The van der Waals surface area contributed by atoms with Gasteiger partial charge in [-0.3, -0.25) is 0 Å². The smallest absolute Gasteiger partial charge is 0.201 e. The molecule has 0 N–H and O–H groups in total. The van der Waals surface area contributed by atoms with Crippen LogP contribution in [0, 0.1) is 23.3 Å². The summed E-state index contributed by atoms with van der Waals surface area (Å²) in [7, 11) is 0. The van der Waals surface area contributed by atoms with Gasteiger partial charge in [0.1, 0.15) is 0 Å². The molecular weight excluding hydrogens is 504 g/mol. The molecule has 2 nitrogen and oxygen atoms in total. The van der Waals surface area contributed by atoms with Crippen LogP contribution in [0.1, 0.15) is 69.1 Å². The average molecular weight is 541 g/mol. The van der Waals surface area contributed by atoms with Gasteiger partial charge >= 0.3 is 0 Å². The number of allylic oxidation sites excluding steroid dienone is 1. The summed E-state index contributed by atoms with van der Waals surface area (Å²) < 4.78 is 70.2. The fraction of sp³-hybridized carbons (Fsp3) is 0.394. The molecule has 0 aromatic heterocycles. The Labute approximate surface area is 228 Å². The summed E-state index contributed by atoms with van der Waals surface area (Å²) in [6.45, 7) is 5.10. The van der Waals surface area contributed by atoms with Gasteiger partial charge in [0.05, 0.1) is 12.7 Å². The molecule has 39 heavy (non-hydrogen) atoms. The van der Waals surface area contributed by atoms with E-state index in [1.165, 1.54) is 12.1 Å². The van der Waals surface area contributed by atoms with E-state index in [-0.39, 0.29) is 17.4 Å². The van der Waals surface area contributed by atoms with Gasteiger partial charge in [-0.25, -0.2) is 13.2 Å². The highest BCUT2D eigenvalue weighted by Gasteiger charge is 2.21. The topological polar surface area (TPSA) is 18.5 Å². The number of rotatable bonds is 12. The number of benzene rings is 3. The van der Waals surface area contributed by atoms with Crippen molar-refractivity contribution >= 4 is 5.57 Å². The minimum absolute atomic E-state index is 0.0911. The van der Waals surface area contributed by atoms with E-state index in [2.05, 4.69) is 6.92 Å². The van der Waals surface area contributed by atoms with Gasteiger partial charge < -0.3 is 9.47 Å². The number of aryl methyl sites for hydroxylation is 2. The second-order valence-electron chi connectivity index (χ2n) is 10.0. The van der Waals surface area contributed by atoms with Crippen LogP contribution >= 0.6 is 0 Å². The van der Waals surface area contributed by atoms with E-state index >= 15 is 0 Å². The van der Waals surface area contributed by atoms with E-state index in [0.717, 1.165) is 36.8 Å². The van der Waals surface area contributed by atoms with Crippen molar-refractivity contribution in [3.05, 3.63) is 94.6 Å². The molecule has 0 heterocycles. The molecule has 6 heteroatoms. The Balaban J connectivity index is 1.39. The number of ether oxygens (including phenoxy) is 2. The third-order valence-corrected chi connectivity index (χ3v) is 7.18. The summed E-state index contributed by atoms with van der Waals surface area (Å²) in [4.78, 5) is 0. The van der Waals surface area contributed by atoms with Crippen molar-refractivity contribution in [1.29, 1.82) is 0 Å². The normalized spacial score (nSPS) is 15.3. The van der Waals surface area contributed by atoms with Crippen LogP contribution in [-0.4, -0.2) is 19.3 Å². The molecule has 0 saturated carbocycles. The summed E-state index contributed by atoms with van der Waals surface area (Å²) in [6.07, 6.45) is 7.71. The van der Waals surface area contributed by atoms with Gasteiger partial charge in [-0.05, 0) is 79.3 Å². The fourth-order valence-electron chi connectivity index (χ4n) is 4.84. The van der Waals surface area contributed by atoms with Crippen LogP contribution < -0.4 is 4.74 Å². The molecule has 0 spiro atoms. The van der Waals surface area contributed by atoms with Crippen LogP contribution in [0.2, 0.25) is 0 Å². The molecule has 1 aliphatic rings. The Hall–Kier alpha value is -3.12. The minimum Gasteiger partial charge on any atom is -0.490 e. The highest BCUT2D eigenvalue weighted by Crippen LogP contribution is 2.33. The fourth-order valence-corrected chi connectivity index (χ4v) is 4.84. The zero-order chi connectivity index (χ0) is 27.8. The first-order chi connectivity index (χ1) is 18.9. The summed E-state index contributed by atoms with van der Waals surface area (Å²) in [5.74, 6) is -3.66. The molecule has 0 radical (unpaired) electrons. The second-order valence-corrected chi connectivity index (χ2v) is 10.0. The number of halogens is 4. The lowest BCUT2D eigenvalue weighted by Crippen LogP contribution is -2.16. The first-order valence-electron chi connectivity index (χ1n) is 13.9. The number of unbranched alkanes of at least 4 members (excludes halogenated alkanes) is 1. The highest BCUT2D eigenvalue weighted by atomic mass is 19.2. The molecule has 4 rings (SSSR count). The van der Waals surface area contributed by atoms with Crippen molar-refractivity contribution in [3.8, 4) is 16.9 Å². The standard InChI is InChI=1S/C33H36F4O2/c1-3-5-21-39-29-19-18-28(32(36)33(29)37)23-9-6-22(7-10-23)8-11-25-14-17-27(31(35)30(25)34)24-12-15-26(16-13-24)38-20-4-2/h6-7,9-10,12,14,17-19,26H,3-5,8,11,13,15-16,20-21H2,1-2H3. The Morgan fingerprint density at radius 3 is 2.18 bits per heavy atom. The van der Waals surface area contributed by atoms with Crippen LogP contribution in [-0.2, 0) is 17.6 Å². The van der Waals surface area contributed by atoms with Crippen LogP contribution in [0.25, 0.3) is 16.7 Å². The maximum Gasteiger partial charge on any atom is 0.201 e. The van der Waals surface area contributed by atoms with Crippen LogP contribution in [0.5, 0.6) is 5.75 Å². The van der Waals surface area contributed by atoms with E-state index in [9.17, 15) is 17.6 Å². The van der Waals surface area contributed by atoms with Crippen molar-refractivity contribution in [2.24, 2.45) is 0 Å². The first kappa shape index (κ1) is 28.9. The van der Waals surface area contributed by atoms with Gasteiger partial charge in [0.15, 0.2) is 23.2 Å². The molecule has 1 atom stereocenters. The molecular formula is C33H36F4O2. The highest BCUT2D eigenvalue weighted by molar-refractivity contribution is 5.67. The largest absolute Gasteiger partial charge is 0.490 e. The van der Waals surface area contributed by atoms with Gasteiger partial charge in [0.2, 0.25) is 5.82 Å². The average Bonchev–Trinajstić information content (AvgIpc) is 2.96. The number of hydrogen-bond donors (Lipinski definition) is 0. The second kappa shape index (κ2) is 13.8. The molecule has 3 aromatic rings. The van der Waals surface area contributed by atoms with E-state index in [1.807, 2.05) is 13.0 Å². The van der Waals surface area contributed by atoms with Gasteiger partial charge in [-0.2, -0.15) is 4.39 Å². The SMILES string of the molecule is CCCCOc1ccc(-c2ccc(CCc3ccc(C4=CCC(OCCC)CC4)c(F)c3F)cc2)c(F)c1F. The maximum atomic E-state index is 15.0. The third-order valence-electron chi connectivity index (χ3n) is 7.18. The Bertz CT molecular complexity index is 1280. The predicted molar refractivity (Wildman–Crippen MR) is 148 cm³/mol. The molecule has 3 aromatic carbocycles. The van der Waals surface area contributed by atoms with Crippen molar-refractivity contribution in [1.82, 2.24) is 0 Å². The monoisotopic (exact) mass is 540 g/mol. The summed E-state index contributed by atoms with van der Waals surface area (Å²) >= 11 is 0. The summed E-state index contributed by atoms with van der Waals surface area (Å²) in [5, 5.41) is 0. The van der Waals surface area contributed by atoms with E-state index < -0.39 is 23.3 Å². The Morgan fingerprint density at radius 1 is 0.744 bits per heavy atom. The van der Waals surface area contributed by atoms with Crippen LogP contribution in [0.4, 0.5) is 17.6 Å². The van der Waals surface area contributed by atoms with E-state index in [4.69, 9.17) is 9.47 Å². The van der Waals surface area contributed by atoms with Gasteiger partial charge in [-0.15, -0.1) is 0 Å². The van der Waals surface area contributed by atoms with Gasteiger partial charge in [0.25, 0.3) is 0 Å². The maximum absolute atomic E-state index is 15.0. The van der Waals surface area contributed by atoms with E-state index in [1.54, 1.807) is 36.4 Å². The number of hydrogen-bond acceptors (Lipinski definition) is 2.